The van der Waals surface area contributed by atoms with Gasteiger partial charge in [0.15, 0.2) is 0 Å². The Kier molecular flexibility index (Phi) is 3.66. The first-order chi connectivity index (χ1) is 9.52. The highest BCUT2D eigenvalue weighted by atomic mass is 79.9. The van der Waals surface area contributed by atoms with E-state index >= 15 is 0 Å². The van der Waals surface area contributed by atoms with E-state index in [-0.39, 0.29) is 11.8 Å². The third kappa shape index (κ3) is 2.65. The highest BCUT2D eigenvalue weighted by Crippen LogP contribution is 2.28. The predicted octanol–water partition coefficient (Wildman–Crippen LogP) is 2.04. The maximum atomic E-state index is 11.8. The number of carboxylic acids is 1. The summed E-state index contributed by atoms with van der Waals surface area (Å²) in [5.74, 6) is 0.141. The van der Waals surface area contributed by atoms with Crippen molar-refractivity contribution >= 4 is 43.7 Å². The minimum Gasteiger partial charge on any atom is -0.480 e. The molecule has 0 radical (unpaired) electrons. The second-order valence-corrected chi connectivity index (χ2v) is 7.18. The maximum absolute atomic E-state index is 11.8. The second kappa shape index (κ2) is 5.31. The molecule has 5 nitrogen and oxygen atoms in total. The number of rotatable bonds is 2. The van der Waals surface area contributed by atoms with Gasteiger partial charge in [-0.3, -0.25) is 14.3 Å². The molecule has 1 aliphatic rings. The first-order valence-electron chi connectivity index (χ1n) is 6.06. The maximum Gasteiger partial charge on any atom is 0.321 e. The lowest BCUT2D eigenvalue weighted by molar-refractivity contribution is -0.139. The summed E-state index contributed by atoms with van der Waals surface area (Å²) in [6.45, 7) is 0. The highest BCUT2D eigenvalue weighted by molar-refractivity contribution is 9.10. The van der Waals surface area contributed by atoms with Gasteiger partial charge in [0.25, 0.3) is 0 Å². The van der Waals surface area contributed by atoms with Crippen molar-refractivity contribution in [2.45, 2.75) is 12.1 Å². The molecule has 0 aliphatic carbocycles. The molecule has 3 rings (SSSR count). The Morgan fingerprint density at radius 1 is 1.40 bits per heavy atom. The minimum atomic E-state index is -1.16. The molecule has 1 aromatic heterocycles. The van der Waals surface area contributed by atoms with Crippen LogP contribution < -0.4 is 5.32 Å². The van der Waals surface area contributed by atoms with Crippen LogP contribution in [0.15, 0.2) is 33.2 Å². The van der Waals surface area contributed by atoms with Gasteiger partial charge in [0, 0.05) is 32.2 Å². The Bertz CT molecular complexity index is 699. The van der Waals surface area contributed by atoms with E-state index in [9.17, 15) is 9.00 Å². The van der Waals surface area contributed by atoms with Crippen LogP contribution in [0, 0.1) is 0 Å². The Labute approximate surface area is 125 Å². The van der Waals surface area contributed by atoms with Crippen LogP contribution in [0.4, 0.5) is 0 Å². The molecule has 0 bridgehead atoms. The number of aliphatic carboxylic acids is 1. The Morgan fingerprint density at radius 2 is 2.20 bits per heavy atom. The van der Waals surface area contributed by atoms with E-state index in [1.165, 1.54) is 0 Å². The fourth-order valence-electron chi connectivity index (χ4n) is 2.29. The zero-order valence-electron chi connectivity index (χ0n) is 10.3. The molecule has 7 heteroatoms. The first kappa shape index (κ1) is 13.8. The normalized spacial score (nSPS) is 26.8. The lowest BCUT2D eigenvalue weighted by Crippen LogP contribution is -2.49. The molecule has 1 aromatic carbocycles. The van der Waals surface area contributed by atoms with Gasteiger partial charge in [-0.1, -0.05) is 15.9 Å². The number of carbonyl (C=O) groups is 1. The van der Waals surface area contributed by atoms with Crippen LogP contribution in [0.5, 0.6) is 0 Å². The monoisotopic (exact) mass is 357 g/mol. The van der Waals surface area contributed by atoms with Crippen molar-refractivity contribution in [1.82, 2.24) is 5.32 Å². The lowest BCUT2D eigenvalue weighted by atomic mass is 10.2. The Balaban J connectivity index is 1.93. The van der Waals surface area contributed by atoms with E-state index in [0.717, 1.165) is 15.4 Å². The second-order valence-electron chi connectivity index (χ2n) is 4.71. The van der Waals surface area contributed by atoms with Crippen LogP contribution in [-0.4, -0.2) is 32.8 Å². The summed E-state index contributed by atoms with van der Waals surface area (Å²) in [5.41, 5.74) is 0.730. The van der Waals surface area contributed by atoms with Crippen LogP contribution >= 0.6 is 15.9 Å². The SMILES string of the molecule is O=C(O)C1CS(=O)CC(c2cc3cc(Br)ccc3o2)N1. The average molecular weight is 358 g/mol. The van der Waals surface area contributed by atoms with Crippen molar-refractivity contribution in [3.63, 3.8) is 0 Å². The molecule has 0 amide bonds. The largest absolute Gasteiger partial charge is 0.480 e. The zero-order chi connectivity index (χ0) is 14.3. The van der Waals surface area contributed by atoms with Crippen LogP contribution in [0.2, 0.25) is 0 Å². The molecule has 2 heterocycles. The first-order valence-corrected chi connectivity index (χ1v) is 8.34. The third-order valence-electron chi connectivity index (χ3n) is 3.25. The van der Waals surface area contributed by atoms with E-state index in [2.05, 4.69) is 21.2 Å². The average Bonchev–Trinajstić information content (AvgIpc) is 2.80. The molecule has 1 aliphatic heterocycles. The van der Waals surface area contributed by atoms with Crippen molar-refractivity contribution in [3.8, 4) is 0 Å². The molecular formula is C13H12BrNO4S. The quantitative estimate of drug-likeness (QED) is 0.859. The minimum absolute atomic E-state index is 0.137. The molecule has 1 fully saturated rings. The van der Waals surface area contributed by atoms with E-state index in [4.69, 9.17) is 9.52 Å². The van der Waals surface area contributed by atoms with Gasteiger partial charge >= 0.3 is 5.97 Å². The van der Waals surface area contributed by atoms with Gasteiger partial charge in [-0.25, -0.2) is 0 Å². The van der Waals surface area contributed by atoms with E-state index in [1.807, 2.05) is 24.3 Å². The van der Waals surface area contributed by atoms with Crippen LogP contribution in [0.3, 0.4) is 0 Å². The van der Waals surface area contributed by atoms with Crippen molar-refractivity contribution in [3.05, 3.63) is 34.5 Å². The van der Waals surface area contributed by atoms with Crippen molar-refractivity contribution in [2.75, 3.05) is 11.5 Å². The van der Waals surface area contributed by atoms with Gasteiger partial charge in [0.1, 0.15) is 17.4 Å². The van der Waals surface area contributed by atoms with E-state index in [0.29, 0.717) is 11.5 Å². The summed E-state index contributed by atoms with van der Waals surface area (Å²) in [4.78, 5) is 11.1. The zero-order valence-corrected chi connectivity index (χ0v) is 12.7. The summed E-state index contributed by atoms with van der Waals surface area (Å²) >= 11 is 3.39. The van der Waals surface area contributed by atoms with Gasteiger partial charge in [-0.2, -0.15) is 0 Å². The number of carboxylic acid groups (broad SMARTS) is 1. The predicted molar refractivity (Wildman–Crippen MR) is 79.1 cm³/mol. The topological polar surface area (TPSA) is 79.5 Å². The Hall–Kier alpha value is -1.18. The number of nitrogens with one attached hydrogen (secondary N) is 1. The number of furan rings is 1. The molecule has 0 spiro atoms. The molecule has 3 atom stereocenters. The fourth-order valence-corrected chi connectivity index (χ4v) is 4.05. The van der Waals surface area contributed by atoms with Crippen LogP contribution in [-0.2, 0) is 15.6 Å². The van der Waals surface area contributed by atoms with Crippen molar-refractivity contribution in [1.29, 1.82) is 0 Å². The lowest BCUT2D eigenvalue weighted by Gasteiger charge is -2.26. The summed E-state index contributed by atoms with van der Waals surface area (Å²) in [7, 11) is -1.16. The number of fused-ring (bicyclic) bond motifs is 1. The van der Waals surface area contributed by atoms with E-state index < -0.39 is 22.8 Å². The van der Waals surface area contributed by atoms with Gasteiger partial charge in [-0.15, -0.1) is 0 Å². The van der Waals surface area contributed by atoms with Gasteiger partial charge < -0.3 is 9.52 Å². The Morgan fingerprint density at radius 3 is 2.95 bits per heavy atom. The van der Waals surface area contributed by atoms with Gasteiger partial charge in [0.05, 0.1) is 6.04 Å². The summed E-state index contributed by atoms with van der Waals surface area (Å²) in [6.07, 6.45) is 0. The standard InChI is InChI=1S/C13H12BrNO4S/c14-8-1-2-11-7(3-8)4-12(19-11)9-5-20(18)6-10(15-9)13(16)17/h1-4,9-10,15H,5-6H2,(H,16,17). The summed E-state index contributed by atoms with van der Waals surface area (Å²) < 4.78 is 18.5. The van der Waals surface area contributed by atoms with Gasteiger partial charge in [-0.05, 0) is 24.3 Å². The molecule has 2 aromatic rings. The van der Waals surface area contributed by atoms with Crippen LogP contribution in [0.1, 0.15) is 11.8 Å². The molecule has 20 heavy (non-hydrogen) atoms. The summed E-state index contributed by atoms with van der Waals surface area (Å²) in [5, 5.41) is 13.0. The van der Waals surface area contributed by atoms with Crippen molar-refractivity contribution in [2.24, 2.45) is 0 Å². The third-order valence-corrected chi connectivity index (χ3v) is 5.15. The molecule has 1 saturated heterocycles. The van der Waals surface area contributed by atoms with Crippen LogP contribution in [0.25, 0.3) is 11.0 Å². The summed E-state index contributed by atoms with van der Waals surface area (Å²) in [6, 6.07) is 6.38. The fraction of sp³-hybridized carbons (Fsp3) is 0.308. The number of hydrogen-bond donors (Lipinski definition) is 2. The molecule has 3 unspecified atom stereocenters. The molecule has 2 N–H and O–H groups in total. The number of halogens is 1. The molecule has 106 valence electrons. The number of benzene rings is 1. The van der Waals surface area contributed by atoms with Gasteiger partial charge in [0.2, 0.25) is 0 Å². The smallest absolute Gasteiger partial charge is 0.321 e. The molecular weight excluding hydrogens is 346 g/mol. The van der Waals surface area contributed by atoms with E-state index in [1.54, 1.807) is 0 Å². The molecule has 0 saturated carbocycles. The number of hydrogen-bond acceptors (Lipinski definition) is 4. The highest BCUT2D eigenvalue weighted by Gasteiger charge is 2.32. The van der Waals surface area contributed by atoms with Crippen molar-refractivity contribution < 1.29 is 18.5 Å².